The summed E-state index contributed by atoms with van der Waals surface area (Å²) >= 11 is 0. The number of rotatable bonds is 4. The van der Waals surface area contributed by atoms with Crippen LogP contribution in [0.25, 0.3) is 0 Å². The Morgan fingerprint density at radius 3 is 3.00 bits per heavy atom. The van der Waals surface area contributed by atoms with Gasteiger partial charge in [0.2, 0.25) is 0 Å². The molecular weight excluding hydrogens is 252 g/mol. The van der Waals surface area contributed by atoms with Crippen molar-refractivity contribution in [3.8, 4) is 0 Å². The third-order valence-corrected chi connectivity index (χ3v) is 3.63. The number of aryl methyl sites for hydroxylation is 1. The van der Waals surface area contributed by atoms with Crippen molar-refractivity contribution in [2.45, 2.75) is 33.0 Å². The van der Waals surface area contributed by atoms with Crippen molar-refractivity contribution in [3.63, 3.8) is 0 Å². The summed E-state index contributed by atoms with van der Waals surface area (Å²) in [6, 6.07) is 4.34. The smallest absolute Gasteiger partial charge is 0.152 e. The Balaban J connectivity index is 1.88. The fraction of sp³-hybridized carbons (Fsp3) is 0.500. The van der Waals surface area contributed by atoms with Gasteiger partial charge < -0.3 is 14.8 Å². The molecule has 3 rings (SSSR count). The van der Waals surface area contributed by atoms with Crippen molar-refractivity contribution < 1.29 is 0 Å². The number of nitrogens with one attached hydrogen (secondary N) is 1. The monoisotopic (exact) mass is 272 g/mol. The Morgan fingerprint density at radius 2 is 2.20 bits per heavy atom. The number of fused-ring (bicyclic) bond motifs is 1. The number of aromatic nitrogens is 4. The van der Waals surface area contributed by atoms with Gasteiger partial charge in [0.1, 0.15) is 12.1 Å². The molecule has 1 aliphatic rings. The van der Waals surface area contributed by atoms with E-state index in [9.17, 15) is 0 Å². The largest absolute Gasteiger partial charge is 0.347 e. The molecule has 0 unspecified atom stereocenters. The molecule has 0 bridgehead atoms. The van der Waals surface area contributed by atoms with Gasteiger partial charge in [-0.25, -0.2) is 4.98 Å². The van der Waals surface area contributed by atoms with Crippen LogP contribution in [0.15, 0.2) is 18.5 Å². The van der Waals surface area contributed by atoms with Gasteiger partial charge in [-0.05, 0) is 31.2 Å². The summed E-state index contributed by atoms with van der Waals surface area (Å²) < 4.78 is 2.11. The maximum absolute atomic E-state index is 4.76. The van der Waals surface area contributed by atoms with Crippen LogP contribution in [0, 0.1) is 0 Å². The van der Waals surface area contributed by atoms with Crippen LogP contribution in [0.2, 0.25) is 0 Å². The van der Waals surface area contributed by atoms with Crippen LogP contribution in [0.1, 0.15) is 24.0 Å². The predicted molar refractivity (Wildman–Crippen MR) is 77.5 cm³/mol. The second kappa shape index (κ2) is 5.58. The van der Waals surface area contributed by atoms with Crippen molar-refractivity contribution in [3.05, 3.63) is 35.5 Å². The van der Waals surface area contributed by atoms with E-state index < -0.39 is 0 Å². The van der Waals surface area contributed by atoms with Gasteiger partial charge in [-0.1, -0.05) is 6.92 Å². The minimum Gasteiger partial charge on any atom is -0.347 e. The van der Waals surface area contributed by atoms with Crippen molar-refractivity contribution >= 4 is 5.82 Å². The second-order valence-electron chi connectivity index (χ2n) is 5.07. The molecule has 6 nitrogen and oxygen atoms in total. The minimum absolute atomic E-state index is 0.777. The van der Waals surface area contributed by atoms with Gasteiger partial charge in [0, 0.05) is 25.3 Å². The molecule has 6 heteroatoms. The Labute approximate surface area is 118 Å². The Bertz CT molecular complexity index is 591. The van der Waals surface area contributed by atoms with Crippen molar-refractivity contribution in [2.24, 2.45) is 0 Å². The molecule has 0 spiro atoms. The summed E-state index contributed by atoms with van der Waals surface area (Å²) in [7, 11) is 1.97. The van der Waals surface area contributed by atoms with Crippen LogP contribution >= 0.6 is 0 Å². The van der Waals surface area contributed by atoms with Gasteiger partial charge in [-0.2, -0.15) is 0 Å². The van der Waals surface area contributed by atoms with E-state index in [1.165, 1.54) is 5.56 Å². The highest BCUT2D eigenvalue weighted by Gasteiger charge is 2.19. The molecule has 1 aliphatic heterocycles. The zero-order valence-electron chi connectivity index (χ0n) is 12.0. The van der Waals surface area contributed by atoms with Gasteiger partial charge in [0.15, 0.2) is 5.82 Å². The summed E-state index contributed by atoms with van der Waals surface area (Å²) in [5, 5.41) is 11.3. The minimum atomic E-state index is 0.777. The highest BCUT2D eigenvalue weighted by Crippen LogP contribution is 2.20. The standard InChI is InChI=1S/C14H20N6/c1-3-12-6-11(8-15-2)7-13(17-12)19-4-5-20-10-16-18-14(20)9-19/h6-7,10,15H,3-5,8-9H2,1-2H3. The molecule has 2 aromatic rings. The van der Waals surface area contributed by atoms with E-state index in [4.69, 9.17) is 4.98 Å². The van der Waals surface area contributed by atoms with Crippen LogP contribution in [0.4, 0.5) is 5.82 Å². The first-order valence-corrected chi connectivity index (χ1v) is 7.06. The third-order valence-electron chi connectivity index (χ3n) is 3.63. The maximum Gasteiger partial charge on any atom is 0.152 e. The van der Waals surface area contributed by atoms with E-state index in [1.54, 1.807) is 6.33 Å². The van der Waals surface area contributed by atoms with Gasteiger partial charge in [0.05, 0.1) is 6.54 Å². The van der Waals surface area contributed by atoms with Crippen molar-refractivity contribution in [2.75, 3.05) is 18.5 Å². The first-order valence-electron chi connectivity index (χ1n) is 7.06. The molecule has 1 N–H and O–H groups in total. The Hall–Kier alpha value is -1.95. The summed E-state index contributed by atoms with van der Waals surface area (Å²) in [6.45, 7) is 5.65. The predicted octanol–water partition coefficient (Wildman–Crippen LogP) is 0.975. The molecular formula is C14H20N6. The highest BCUT2D eigenvalue weighted by atomic mass is 15.3. The van der Waals surface area contributed by atoms with E-state index in [0.717, 1.165) is 49.9 Å². The van der Waals surface area contributed by atoms with E-state index >= 15 is 0 Å². The van der Waals surface area contributed by atoms with Crippen LogP contribution in [0.3, 0.4) is 0 Å². The molecule has 106 valence electrons. The Morgan fingerprint density at radius 1 is 1.30 bits per heavy atom. The van der Waals surface area contributed by atoms with E-state index in [0.29, 0.717) is 0 Å². The highest BCUT2D eigenvalue weighted by molar-refractivity contribution is 5.43. The SMILES string of the molecule is CCc1cc(CNC)cc(N2CCn3cnnc3C2)n1. The lowest BCUT2D eigenvalue weighted by molar-refractivity contribution is 0.555. The van der Waals surface area contributed by atoms with Gasteiger partial charge >= 0.3 is 0 Å². The molecule has 0 radical (unpaired) electrons. The fourth-order valence-corrected chi connectivity index (χ4v) is 2.54. The number of pyridine rings is 1. The maximum atomic E-state index is 4.76. The number of anilines is 1. The first kappa shape index (κ1) is 13.1. The van der Waals surface area contributed by atoms with E-state index in [-0.39, 0.29) is 0 Å². The van der Waals surface area contributed by atoms with Gasteiger partial charge in [0.25, 0.3) is 0 Å². The summed E-state index contributed by atoms with van der Waals surface area (Å²) in [6.07, 6.45) is 2.75. The summed E-state index contributed by atoms with van der Waals surface area (Å²) in [5.74, 6) is 2.05. The molecule has 0 fully saturated rings. The summed E-state index contributed by atoms with van der Waals surface area (Å²) in [4.78, 5) is 7.04. The topological polar surface area (TPSA) is 58.9 Å². The number of hydrogen-bond donors (Lipinski definition) is 1. The fourth-order valence-electron chi connectivity index (χ4n) is 2.54. The second-order valence-corrected chi connectivity index (χ2v) is 5.07. The molecule has 2 aromatic heterocycles. The van der Waals surface area contributed by atoms with E-state index in [2.05, 4.69) is 44.0 Å². The lowest BCUT2D eigenvalue weighted by Crippen LogP contribution is -2.34. The van der Waals surface area contributed by atoms with E-state index in [1.807, 2.05) is 7.05 Å². The lowest BCUT2D eigenvalue weighted by atomic mass is 10.2. The van der Waals surface area contributed by atoms with Gasteiger partial charge in [-0.3, -0.25) is 0 Å². The molecule has 0 aliphatic carbocycles. The van der Waals surface area contributed by atoms with Crippen LogP contribution in [0.5, 0.6) is 0 Å². The molecule has 20 heavy (non-hydrogen) atoms. The Kier molecular flexibility index (Phi) is 3.64. The van der Waals surface area contributed by atoms with Gasteiger partial charge in [-0.15, -0.1) is 10.2 Å². The van der Waals surface area contributed by atoms with Crippen molar-refractivity contribution in [1.82, 2.24) is 25.1 Å². The van der Waals surface area contributed by atoms with Crippen LogP contribution in [-0.2, 0) is 26.1 Å². The summed E-state index contributed by atoms with van der Waals surface area (Å²) in [5.41, 5.74) is 2.42. The van der Waals surface area contributed by atoms with Crippen LogP contribution in [-0.4, -0.2) is 33.3 Å². The average Bonchev–Trinajstić information content (AvgIpc) is 2.94. The molecule has 0 saturated heterocycles. The zero-order valence-corrected chi connectivity index (χ0v) is 12.0. The molecule has 0 saturated carbocycles. The van der Waals surface area contributed by atoms with Crippen molar-refractivity contribution in [1.29, 1.82) is 0 Å². The first-order chi connectivity index (χ1) is 9.80. The molecule has 0 amide bonds. The quantitative estimate of drug-likeness (QED) is 0.899. The molecule has 0 atom stereocenters. The number of nitrogens with zero attached hydrogens (tertiary/aromatic N) is 5. The average molecular weight is 272 g/mol. The molecule has 0 aromatic carbocycles. The third kappa shape index (κ3) is 2.51. The zero-order chi connectivity index (χ0) is 13.9. The molecule has 3 heterocycles. The lowest BCUT2D eigenvalue weighted by Gasteiger charge is -2.28. The number of hydrogen-bond acceptors (Lipinski definition) is 5. The normalized spacial score (nSPS) is 14.4. The van der Waals surface area contributed by atoms with Crippen LogP contribution < -0.4 is 10.2 Å².